The number of hydrogen-bond acceptors (Lipinski definition) is 5. The van der Waals surface area contributed by atoms with Crippen molar-refractivity contribution in [2.45, 2.75) is 37.8 Å². The molecule has 0 radical (unpaired) electrons. The van der Waals surface area contributed by atoms with Crippen molar-refractivity contribution in [1.82, 2.24) is 9.88 Å². The molecule has 1 aromatic rings. The molecule has 1 aliphatic rings. The van der Waals surface area contributed by atoms with Crippen LogP contribution in [0.2, 0.25) is 10.3 Å². The number of hydrogen-bond donors (Lipinski definition) is 1. The van der Waals surface area contributed by atoms with Crippen molar-refractivity contribution in [2.24, 2.45) is 5.73 Å². The third-order valence-corrected chi connectivity index (χ3v) is 4.12. The van der Waals surface area contributed by atoms with E-state index < -0.39 is 17.9 Å². The van der Waals surface area contributed by atoms with E-state index in [0.717, 1.165) is 0 Å². The summed E-state index contributed by atoms with van der Waals surface area (Å²) < 4.78 is 31.7. The number of nitrogens with two attached hydrogens (primary N) is 1. The Balaban J connectivity index is 1.75. The monoisotopic (exact) mass is 381 g/mol. The number of alkyl halides is 2. The van der Waals surface area contributed by atoms with Crippen molar-refractivity contribution in [3.63, 3.8) is 0 Å². The molecule has 0 amide bonds. The highest BCUT2D eigenvalue weighted by atomic mass is 35.5. The average Bonchev–Trinajstić information content (AvgIpc) is 2.48. The van der Waals surface area contributed by atoms with Crippen LogP contribution in [0, 0.1) is 0 Å². The molecule has 134 valence electrons. The fourth-order valence-electron chi connectivity index (χ4n) is 2.54. The molecule has 2 heterocycles. The Hall–Kier alpha value is -1.02. The van der Waals surface area contributed by atoms with Crippen molar-refractivity contribution >= 4 is 29.2 Å². The van der Waals surface area contributed by atoms with Gasteiger partial charge in [0.2, 0.25) is 0 Å². The topological polar surface area (TPSA) is 68.5 Å². The van der Waals surface area contributed by atoms with Crippen molar-refractivity contribution in [3.05, 3.63) is 28.0 Å². The Morgan fingerprint density at radius 3 is 2.71 bits per heavy atom. The van der Waals surface area contributed by atoms with E-state index in [1.54, 1.807) is 4.90 Å². The predicted molar refractivity (Wildman–Crippen MR) is 87.3 cm³/mol. The van der Waals surface area contributed by atoms with Gasteiger partial charge in [-0.25, -0.2) is 13.8 Å². The number of ether oxygens (including phenoxy) is 1. The molecule has 5 nitrogen and oxygen atoms in total. The number of aromatic nitrogens is 1. The van der Waals surface area contributed by atoms with Gasteiger partial charge in [-0.3, -0.25) is 9.69 Å². The molecular formula is C15H19Cl2F2N3O2. The Kier molecular flexibility index (Phi) is 6.74. The summed E-state index contributed by atoms with van der Waals surface area (Å²) in [4.78, 5) is 17.3. The molecule has 0 aromatic carbocycles. The smallest absolute Gasteiger partial charge is 0.323 e. The number of piperidine rings is 1. The lowest BCUT2D eigenvalue weighted by atomic mass is 10.1. The van der Waals surface area contributed by atoms with E-state index in [9.17, 15) is 13.6 Å². The molecule has 0 saturated carbocycles. The maximum atomic E-state index is 13.3. The van der Waals surface area contributed by atoms with Crippen molar-refractivity contribution < 1.29 is 18.3 Å². The summed E-state index contributed by atoms with van der Waals surface area (Å²) >= 11 is 11.5. The Bertz CT molecular complexity index is 570. The SMILES string of the molecule is N[C@@H](CCN1CCCC(F)(F)C1)C(=O)OCc1cc(Cl)nc(Cl)c1. The highest BCUT2D eigenvalue weighted by Gasteiger charge is 2.35. The lowest BCUT2D eigenvalue weighted by molar-refractivity contribution is -0.146. The maximum absolute atomic E-state index is 13.3. The van der Waals surface area contributed by atoms with Crippen LogP contribution in [0.15, 0.2) is 12.1 Å². The summed E-state index contributed by atoms with van der Waals surface area (Å²) in [5, 5.41) is 0.396. The zero-order valence-electron chi connectivity index (χ0n) is 13.0. The Labute approximate surface area is 149 Å². The van der Waals surface area contributed by atoms with Crippen LogP contribution in [0.5, 0.6) is 0 Å². The zero-order chi connectivity index (χ0) is 17.7. The third-order valence-electron chi connectivity index (χ3n) is 3.73. The van der Waals surface area contributed by atoms with Crippen molar-refractivity contribution in [2.75, 3.05) is 19.6 Å². The van der Waals surface area contributed by atoms with E-state index in [1.165, 1.54) is 12.1 Å². The normalized spacial score (nSPS) is 19.0. The van der Waals surface area contributed by atoms with Gasteiger partial charge in [-0.2, -0.15) is 0 Å². The third kappa shape index (κ3) is 6.12. The van der Waals surface area contributed by atoms with Crippen LogP contribution in [-0.4, -0.2) is 47.5 Å². The van der Waals surface area contributed by atoms with Crippen LogP contribution in [0.3, 0.4) is 0 Å². The number of pyridine rings is 1. The fraction of sp³-hybridized carbons (Fsp3) is 0.600. The molecule has 1 aliphatic heterocycles. The van der Waals surface area contributed by atoms with Crippen LogP contribution in [0.25, 0.3) is 0 Å². The number of halogens is 4. The lowest BCUT2D eigenvalue weighted by Gasteiger charge is -2.32. The van der Waals surface area contributed by atoms with Crippen LogP contribution in [-0.2, 0) is 16.1 Å². The molecule has 1 aromatic heterocycles. The molecule has 0 bridgehead atoms. The summed E-state index contributed by atoms with van der Waals surface area (Å²) in [6, 6.07) is 2.19. The fourth-order valence-corrected chi connectivity index (χ4v) is 3.04. The van der Waals surface area contributed by atoms with E-state index in [1.807, 2.05) is 0 Å². The van der Waals surface area contributed by atoms with Gasteiger partial charge >= 0.3 is 5.97 Å². The van der Waals surface area contributed by atoms with Crippen molar-refractivity contribution in [3.8, 4) is 0 Å². The summed E-state index contributed by atoms with van der Waals surface area (Å²) in [7, 11) is 0. The molecule has 0 unspecified atom stereocenters. The highest BCUT2D eigenvalue weighted by molar-refractivity contribution is 6.32. The van der Waals surface area contributed by atoms with Gasteiger partial charge in [0.25, 0.3) is 5.92 Å². The first kappa shape index (κ1) is 19.3. The molecule has 24 heavy (non-hydrogen) atoms. The summed E-state index contributed by atoms with van der Waals surface area (Å²) in [5.41, 5.74) is 6.37. The van der Waals surface area contributed by atoms with Gasteiger partial charge in [-0.1, -0.05) is 23.2 Å². The highest BCUT2D eigenvalue weighted by Crippen LogP contribution is 2.26. The number of carbonyl (C=O) groups is 1. The number of carbonyl (C=O) groups excluding carboxylic acids is 1. The minimum absolute atomic E-state index is 0.0315. The Morgan fingerprint density at radius 2 is 2.08 bits per heavy atom. The van der Waals surface area contributed by atoms with Gasteiger partial charge in [-0.05, 0) is 37.1 Å². The molecule has 9 heteroatoms. The maximum Gasteiger partial charge on any atom is 0.323 e. The van der Waals surface area contributed by atoms with Gasteiger partial charge in [0.15, 0.2) is 0 Å². The van der Waals surface area contributed by atoms with Crippen LogP contribution >= 0.6 is 23.2 Å². The molecule has 1 atom stereocenters. The molecule has 0 aliphatic carbocycles. The van der Waals surface area contributed by atoms with E-state index in [4.69, 9.17) is 33.7 Å². The van der Waals surface area contributed by atoms with Gasteiger partial charge in [0.1, 0.15) is 23.0 Å². The van der Waals surface area contributed by atoms with Gasteiger partial charge in [0, 0.05) is 13.0 Å². The minimum atomic E-state index is -2.66. The predicted octanol–water partition coefficient (Wildman–Crippen LogP) is 2.88. The minimum Gasteiger partial charge on any atom is -0.460 e. The van der Waals surface area contributed by atoms with Crippen LogP contribution in [0.4, 0.5) is 8.78 Å². The Morgan fingerprint density at radius 1 is 1.42 bits per heavy atom. The molecule has 2 N–H and O–H groups in total. The molecule has 1 fully saturated rings. The quantitative estimate of drug-likeness (QED) is 0.605. The second-order valence-electron chi connectivity index (χ2n) is 5.86. The van der Waals surface area contributed by atoms with Crippen molar-refractivity contribution in [1.29, 1.82) is 0 Å². The number of likely N-dealkylation sites (tertiary alicyclic amines) is 1. The molecule has 2 rings (SSSR count). The molecular weight excluding hydrogens is 363 g/mol. The standard InChI is InChI=1S/C15H19Cl2F2N3O2/c16-12-6-10(7-13(17)21-12)8-24-14(23)11(20)2-5-22-4-1-3-15(18,19)9-22/h6-7,11H,1-5,8-9,20H2/t11-/m0/s1. The van der Waals surface area contributed by atoms with Gasteiger partial charge in [-0.15, -0.1) is 0 Å². The summed E-state index contributed by atoms with van der Waals surface area (Å²) in [6.07, 6.45) is 0.609. The lowest BCUT2D eigenvalue weighted by Crippen LogP contribution is -2.45. The average molecular weight is 382 g/mol. The first-order valence-corrected chi connectivity index (χ1v) is 8.35. The first-order chi connectivity index (χ1) is 11.2. The molecule has 0 spiro atoms. The largest absolute Gasteiger partial charge is 0.460 e. The van der Waals surface area contributed by atoms with Gasteiger partial charge < -0.3 is 10.5 Å². The van der Waals surface area contributed by atoms with Crippen LogP contribution < -0.4 is 5.73 Å². The zero-order valence-corrected chi connectivity index (χ0v) is 14.5. The van der Waals surface area contributed by atoms with E-state index in [0.29, 0.717) is 25.1 Å². The second-order valence-corrected chi connectivity index (χ2v) is 6.63. The van der Waals surface area contributed by atoms with Crippen LogP contribution in [0.1, 0.15) is 24.8 Å². The molecule has 1 saturated heterocycles. The second kappa shape index (κ2) is 8.38. The summed E-state index contributed by atoms with van der Waals surface area (Å²) in [5.74, 6) is -3.26. The van der Waals surface area contributed by atoms with E-state index in [2.05, 4.69) is 4.98 Å². The number of nitrogens with zero attached hydrogens (tertiary/aromatic N) is 2. The number of esters is 1. The first-order valence-electron chi connectivity index (χ1n) is 7.59. The van der Waals surface area contributed by atoms with Gasteiger partial charge in [0.05, 0.1) is 6.54 Å². The number of rotatable bonds is 6. The summed E-state index contributed by atoms with van der Waals surface area (Å²) in [6.45, 7) is 0.600. The van der Waals surface area contributed by atoms with E-state index in [-0.39, 0.29) is 36.3 Å². The van der Waals surface area contributed by atoms with E-state index >= 15 is 0 Å².